The van der Waals surface area contributed by atoms with Gasteiger partial charge >= 0.3 is 0 Å². The summed E-state index contributed by atoms with van der Waals surface area (Å²) in [6.07, 6.45) is 2.16. The molecule has 0 radical (unpaired) electrons. The van der Waals surface area contributed by atoms with Gasteiger partial charge in [-0.1, -0.05) is 18.2 Å². The summed E-state index contributed by atoms with van der Waals surface area (Å²) in [7, 11) is 1.66. The van der Waals surface area contributed by atoms with Crippen LogP contribution in [0.5, 0.6) is 17.2 Å². The van der Waals surface area contributed by atoms with Gasteiger partial charge in [0.2, 0.25) is 0 Å². The van der Waals surface area contributed by atoms with Crippen molar-refractivity contribution in [3.8, 4) is 17.2 Å². The van der Waals surface area contributed by atoms with Gasteiger partial charge in [-0.05, 0) is 24.3 Å². The van der Waals surface area contributed by atoms with Crippen molar-refractivity contribution in [1.29, 1.82) is 0 Å². The molecule has 0 saturated heterocycles. The van der Waals surface area contributed by atoms with Crippen LogP contribution in [0.3, 0.4) is 0 Å². The zero-order chi connectivity index (χ0) is 13.5. The third-order valence-electron chi connectivity index (χ3n) is 3.74. The zero-order valence-electron chi connectivity index (χ0n) is 11.1. The lowest BCUT2D eigenvalue weighted by molar-refractivity contribution is 0.159. The fourth-order valence-electron chi connectivity index (χ4n) is 2.71. The molecule has 3 nitrogen and oxygen atoms in total. The van der Waals surface area contributed by atoms with E-state index in [2.05, 4.69) is 12.1 Å². The summed E-state index contributed by atoms with van der Waals surface area (Å²) >= 11 is 0. The highest BCUT2D eigenvalue weighted by molar-refractivity contribution is 5.90. The summed E-state index contributed by atoms with van der Waals surface area (Å²) in [5.74, 6) is 2.58. The van der Waals surface area contributed by atoms with E-state index in [1.165, 1.54) is 5.57 Å². The lowest BCUT2D eigenvalue weighted by atomic mass is 9.93. The van der Waals surface area contributed by atoms with Crippen molar-refractivity contribution in [2.75, 3.05) is 13.7 Å². The average molecular weight is 266 g/mol. The number of para-hydroxylation sites is 1. The Morgan fingerprint density at radius 3 is 2.90 bits per heavy atom. The minimum Gasteiger partial charge on any atom is -0.497 e. The molecule has 2 aromatic rings. The monoisotopic (exact) mass is 266 g/mol. The van der Waals surface area contributed by atoms with Gasteiger partial charge in [-0.25, -0.2) is 0 Å². The summed E-state index contributed by atoms with van der Waals surface area (Å²) in [4.78, 5) is 0. The second kappa shape index (κ2) is 4.30. The summed E-state index contributed by atoms with van der Waals surface area (Å²) in [6, 6.07) is 14.0. The topological polar surface area (TPSA) is 27.7 Å². The standard InChI is InChI=1S/C17H14O3/c1-18-12-6-7-13-14-8-11-4-2-3-5-15(11)20-17(14)10-19-16(13)9-12/h2-9,17H,10H2,1H3. The van der Waals surface area contributed by atoms with Crippen LogP contribution in [0.1, 0.15) is 11.1 Å². The van der Waals surface area contributed by atoms with E-state index in [4.69, 9.17) is 14.2 Å². The normalized spacial score (nSPS) is 18.6. The smallest absolute Gasteiger partial charge is 0.158 e. The lowest BCUT2D eigenvalue weighted by Gasteiger charge is -2.32. The number of hydrogen-bond acceptors (Lipinski definition) is 3. The fourth-order valence-corrected chi connectivity index (χ4v) is 2.71. The molecule has 0 amide bonds. The van der Waals surface area contributed by atoms with Gasteiger partial charge in [0.25, 0.3) is 0 Å². The van der Waals surface area contributed by atoms with Crippen molar-refractivity contribution in [1.82, 2.24) is 0 Å². The molecule has 1 atom stereocenters. The van der Waals surface area contributed by atoms with Gasteiger partial charge < -0.3 is 14.2 Å². The number of hydrogen-bond donors (Lipinski definition) is 0. The van der Waals surface area contributed by atoms with E-state index >= 15 is 0 Å². The maximum Gasteiger partial charge on any atom is 0.158 e. The van der Waals surface area contributed by atoms with Crippen LogP contribution >= 0.6 is 0 Å². The maximum absolute atomic E-state index is 6.02. The molecule has 0 aromatic heterocycles. The first kappa shape index (κ1) is 11.4. The third-order valence-corrected chi connectivity index (χ3v) is 3.74. The van der Waals surface area contributed by atoms with Crippen LogP contribution < -0.4 is 14.2 Å². The lowest BCUT2D eigenvalue weighted by Crippen LogP contribution is -2.32. The predicted octanol–water partition coefficient (Wildman–Crippen LogP) is 3.39. The molecular formula is C17H14O3. The van der Waals surface area contributed by atoms with E-state index in [1.807, 2.05) is 36.4 Å². The van der Waals surface area contributed by atoms with E-state index in [1.54, 1.807) is 7.11 Å². The summed E-state index contributed by atoms with van der Waals surface area (Å²) in [5, 5.41) is 0. The second-order valence-electron chi connectivity index (χ2n) is 4.92. The van der Waals surface area contributed by atoms with Crippen molar-refractivity contribution in [3.05, 3.63) is 53.6 Å². The molecular weight excluding hydrogens is 252 g/mol. The first-order valence-corrected chi connectivity index (χ1v) is 6.63. The van der Waals surface area contributed by atoms with E-state index in [0.29, 0.717) is 6.61 Å². The highest BCUT2D eigenvalue weighted by Crippen LogP contribution is 2.41. The summed E-state index contributed by atoms with van der Waals surface area (Å²) in [5.41, 5.74) is 3.37. The Hall–Kier alpha value is -2.42. The fraction of sp³-hybridized carbons (Fsp3) is 0.176. The van der Waals surface area contributed by atoms with Crippen molar-refractivity contribution in [2.24, 2.45) is 0 Å². The van der Waals surface area contributed by atoms with Crippen LogP contribution in [0, 0.1) is 0 Å². The van der Waals surface area contributed by atoms with Gasteiger partial charge in [0.05, 0.1) is 7.11 Å². The third kappa shape index (κ3) is 1.67. The Balaban J connectivity index is 1.85. The average Bonchev–Trinajstić information content (AvgIpc) is 2.52. The van der Waals surface area contributed by atoms with Gasteiger partial charge in [-0.3, -0.25) is 0 Å². The number of fused-ring (bicyclic) bond motifs is 4. The SMILES string of the molecule is COc1ccc2c(c1)OCC1Oc3ccccc3C=C21. The second-order valence-corrected chi connectivity index (χ2v) is 4.92. The van der Waals surface area contributed by atoms with Crippen LogP contribution in [0.2, 0.25) is 0 Å². The molecule has 1 unspecified atom stereocenters. The van der Waals surface area contributed by atoms with Crippen LogP contribution in [-0.2, 0) is 0 Å². The van der Waals surface area contributed by atoms with Crippen LogP contribution in [0.15, 0.2) is 42.5 Å². The number of methoxy groups -OCH3 is 1. The molecule has 0 fully saturated rings. The Labute approximate surface area is 117 Å². The minimum atomic E-state index is -0.0363. The Bertz CT molecular complexity index is 703. The van der Waals surface area contributed by atoms with Crippen molar-refractivity contribution in [3.63, 3.8) is 0 Å². The van der Waals surface area contributed by atoms with Gasteiger partial charge in [0.15, 0.2) is 6.10 Å². The molecule has 0 spiro atoms. The minimum absolute atomic E-state index is 0.0363. The Kier molecular flexibility index (Phi) is 2.46. The molecule has 0 saturated carbocycles. The largest absolute Gasteiger partial charge is 0.497 e. The molecule has 0 bridgehead atoms. The van der Waals surface area contributed by atoms with Crippen molar-refractivity contribution in [2.45, 2.75) is 6.10 Å². The molecule has 3 heteroatoms. The molecule has 0 N–H and O–H groups in total. The molecule has 4 rings (SSSR count). The predicted molar refractivity (Wildman–Crippen MR) is 77.2 cm³/mol. The first-order valence-electron chi connectivity index (χ1n) is 6.63. The van der Waals surface area contributed by atoms with Gasteiger partial charge in [-0.15, -0.1) is 0 Å². The summed E-state index contributed by atoms with van der Waals surface area (Å²) in [6.45, 7) is 0.528. The van der Waals surface area contributed by atoms with E-state index < -0.39 is 0 Å². The van der Waals surface area contributed by atoms with Gasteiger partial charge in [-0.2, -0.15) is 0 Å². The van der Waals surface area contributed by atoms with E-state index in [9.17, 15) is 0 Å². The van der Waals surface area contributed by atoms with Gasteiger partial charge in [0, 0.05) is 22.8 Å². The van der Waals surface area contributed by atoms with Crippen molar-refractivity contribution >= 4 is 11.6 Å². The highest BCUT2D eigenvalue weighted by Gasteiger charge is 2.30. The molecule has 2 aliphatic rings. The van der Waals surface area contributed by atoms with E-state index in [-0.39, 0.29) is 6.10 Å². The van der Waals surface area contributed by atoms with Crippen LogP contribution in [0.4, 0.5) is 0 Å². The Morgan fingerprint density at radius 1 is 1.10 bits per heavy atom. The molecule has 100 valence electrons. The number of rotatable bonds is 1. The zero-order valence-corrected chi connectivity index (χ0v) is 11.1. The Morgan fingerprint density at radius 2 is 2.00 bits per heavy atom. The van der Waals surface area contributed by atoms with Gasteiger partial charge in [0.1, 0.15) is 23.9 Å². The molecule has 2 heterocycles. The van der Waals surface area contributed by atoms with Crippen LogP contribution in [-0.4, -0.2) is 19.8 Å². The molecule has 2 aromatic carbocycles. The molecule has 2 aliphatic heterocycles. The highest BCUT2D eigenvalue weighted by atomic mass is 16.5. The van der Waals surface area contributed by atoms with Crippen molar-refractivity contribution < 1.29 is 14.2 Å². The summed E-state index contributed by atoms with van der Waals surface area (Å²) < 4.78 is 17.1. The first-order chi connectivity index (χ1) is 9.85. The molecule has 20 heavy (non-hydrogen) atoms. The quantitative estimate of drug-likeness (QED) is 0.792. The van der Waals surface area contributed by atoms with E-state index in [0.717, 1.165) is 28.4 Å². The number of ether oxygens (including phenoxy) is 3. The number of benzene rings is 2. The molecule has 0 aliphatic carbocycles. The maximum atomic E-state index is 6.02. The van der Waals surface area contributed by atoms with Crippen LogP contribution in [0.25, 0.3) is 11.6 Å².